The van der Waals surface area contributed by atoms with E-state index in [1.54, 1.807) is 11.3 Å². The van der Waals surface area contributed by atoms with E-state index in [9.17, 15) is 9.90 Å². The fraction of sp³-hybridized carbons (Fsp3) is 0.364. The molecule has 4 nitrogen and oxygen atoms in total. The summed E-state index contributed by atoms with van der Waals surface area (Å²) in [5.41, 5.74) is 0. The normalized spacial score (nSPS) is 10.8. The maximum Gasteiger partial charge on any atom is 0.422 e. The molecule has 2 heterocycles. The minimum Gasteiger partial charge on any atom is -0.492 e. The number of hydrogen-bond acceptors (Lipinski definition) is 4. The first-order chi connectivity index (χ1) is 7.72. The monoisotopic (exact) mass is 239 g/mol. The van der Waals surface area contributed by atoms with E-state index in [-0.39, 0.29) is 5.88 Å². The molecule has 0 aromatic carbocycles. The Labute approximate surface area is 96.8 Å². The second-order valence-corrected chi connectivity index (χ2v) is 4.48. The van der Waals surface area contributed by atoms with Gasteiger partial charge in [0.2, 0.25) is 5.88 Å². The van der Waals surface area contributed by atoms with Crippen LogP contribution in [0.2, 0.25) is 0 Å². The molecule has 16 heavy (non-hydrogen) atoms. The van der Waals surface area contributed by atoms with Gasteiger partial charge in [0.15, 0.2) is 5.76 Å². The fourth-order valence-electron chi connectivity index (χ4n) is 1.55. The van der Waals surface area contributed by atoms with E-state index in [0.29, 0.717) is 18.7 Å². The highest BCUT2D eigenvalue weighted by Crippen LogP contribution is 2.17. The van der Waals surface area contributed by atoms with Crippen LogP contribution in [0.5, 0.6) is 5.88 Å². The lowest BCUT2D eigenvalue weighted by atomic mass is 10.3. The molecule has 5 heteroatoms. The Morgan fingerprint density at radius 2 is 2.38 bits per heavy atom. The minimum atomic E-state index is -0.481. The van der Waals surface area contributed by atoms with Gasteiger partial charge in [-0.15, -0.1) is 11.3 Å². The van der Waals surface area contributed by atoms with E-state index in [1.807, 2.05) is 24.4 Å². The average Bonchev–Trinajstić information content (AvgIpc) is 2.86. The van der Waals surface area contributed by atoms with Crippen molar-refractivity contribution < 1.29 is 9.52 Å². The van der Waals surface area contributed by atoms with E-state index in [1.165, 1.54) is 9.44 Å². The second kappa shape index (κ2) is 4.57. The topological polar surface area (TPSA) is 55.4 Å². The van der Waals surface area contributed by atoms with Crippen LogP contribution in [0.3, 0.4) is 0 Å². The van der Waals surface area contributed by atoms with Gasteiger partial charge in [-0.05, 0) is 11.4 Å². The van der Waals surface area contributed by atoms with Crippen LogP contribution in [0.4, 0.5) is 0 Å². The molecule has 86 valence electrons. The first-order valence-corrected chi connectivity index (χ1v) is 6.04. The summed E-state index contributed by atoms with van der Waals surface area (Å²) in [5, 5.41) is 11.7. The number of oxazole rings is 1. The van der Waals surface area contributed by atoms with Gasteiger partial charge in [-0.3, -0.25) is 0 Å². The van der Waals surface area contributed by atoms with Crippen molar-refractivity contribution in [2.24, 2.45) is 0 Å². The SMILES string of the molecule is CCc1oc(=O)n(CCc2cccs2)c1O. The summed E-state index contributed by atoms with van der Waals surface area (Å²) in [6, 6.07) is 3.98. The van der Waals surface area contributed by atoms with Crippen molar-refractivity contribution in [2.75, 3.05) is 0 Å². The van der Waals surface area contributed by atoms with Gasteiger partial charge in [-0.1, -0.05) is 13.0 Å². The van der Waals surface area contributed by atoms with Gasteiger partial charge in [0.05, 0.1) is 0 Å². The summed E-state index contributed by atoms with van der Waals surface area (Å²) in [5.74, 6) is -0.161. The lowest BCUT2D eigenvalue weighted by Gasteiger charge is -2.00. The van der Waals surface area contributed by atoms with Gasteiger partial charge >= 0.3 is 5.76 Å². The molecule has 0 saturated heterocycles. The van der Waals surface area contributed by atoms with Crippen LogP contribution in [0.25, 0.3) is 0 Å². The molecule has 0 aliphatic rings. The summed E-state index contributed by atoms with van der Waals surface area (Å²) in [6.07, 6.45) is 1.25. The molecule has 0 saturated carbocycles. The zero-order chi connectivity index (χ0) is 11.5. The largest absolute Gasteiger partial charge is 0.492 e. The maximum absolute atomic E-state index is 11.4. The predicted octanol–water partition coefficient (Wildman–Crippen LogP) is 2.01. The van der Waals surface area contributed by atoms with Crippen molar-refractivity contribution in [1.82, 2.24) is 4.57 Å². The Morgan fingerprint density at radius 3 is 2.94 bits per heavy atom. The Hall–Kier alpha value is -1.49. The molecule has 2 aromatic heterocycles. The number of nitrogens with zero attached hydrogens (tertiary/aromatic N) is 1. The van der Waals surface area contributed by atoms with Crippen LogP contribution in [-0.2, 0) is 19.4 Å². The third-order valence-electron chi connectivity index (χ3n) is 2.42. The van der Waals surface area contributed by atoms with Gasteiger partial charge in [0, 0.05) is 24.3 Å². The zero-order valence-corrected chi connectivity index (χ0v) is 9.79. The van der Waals surface area contributed by atoms with Crippen molar-refractivity contribution in [2.45, 2.75) is 26.3 Å². The molecule has 0 atom stereocenters. The van der Waals surface area contributed by atoms with E-state index in [2.05, 4.69) is 0 Å². The maximum atomic E-state index is 11.4. The molecular formula is C11H13NO3S. The van der Waals surface area contributed by atoms with Crippen molar-refractivity contribution >= 4 is 11.3 Å². The van der Waals surface area contributed by atoms with E-state index in [4.69, 9.17) is 4.42 Å². The zero-order valence-electron chi connectivity index (χ0n) is 8.97. The van der Waals surface area contributed by atoms with Gasteiger partial charge < -0.3 is 9.52 Å². The Morgan fingerprint density at radius 1 is 1.56 bits per heavy atom. The molecule has 0 aliphatic carbocycles. The molecule has 2 rings (SSSR count). The predicted molar refractivity (Wildman–Crippen MR) is 62.0 cm³/mol. The van der Waals surface area contributed by atoms with Crippen LogP contribution >= 0.6 is 11.3 Å². The summed E-state index contributed by atoms with van der Waals surface area (Å²) in [4.78, 5) is 12.6. The smallest absolute Gasteiger partial charge is 0.422 e. The summed E-state index contributed by atoms with van der Waals surface area (Å²) in [7, 11) is 0. The van der Waals surface area contributed by atoms with Crippen LogP contribution in [0.15, 0.2) is 26.7 Å². The van der Waals surface area contributed by atoms with Crippen molar-refractivity contribution in [3.8, 4) is 5.88 Å². The molecule has 0 unspecified atom stereocenters. The summed E-state index contributed by atoms with van der Waals surface area (Å²) < 4.78 is 6.20. The highest BCUT2D eigenvalue weighted by atomic mass is 32.1. The molecule has 0 bridgehead atoms. The number of aryl methyl sites for hydroxylation is 2. The number of rotatable bonds is 4. The number of aromatic hydroxyl groups is 1. The Balaban J connectivity index is 2.15. The summed E-state index contributed by atoms with van der Waals surface area (Å²) >= 11 is 1.64. The average molecular weight is 239 g/mol. The van der Waals surface area contributed by atoms with E-state index < -0.39 is 5.76 Å². The standard InChI is InChI=1S/C11H13NO3S/c1-2-9-10(13)12(11(14)15-9)6-5-8-4-3-7-16-8/h3-4,7,13H,2,5-6H2,1H3. The Bertz CT molecular complexity index is 510. The van der Waals surface area contributed by atoms with Gasteiger partial charge in [0.25, 0.3) is 0 Å². The van der Waals surface area contributed by atoms with Crippen LogP contribution in [0, 0.1) is 0 Å². The number of aromatic nitrogens is 1. The molecule has 0 amide bonds. The van der Waals surface area contributed by atoms with E-state index in [0.717, 1.165) is 6.42 Å². The van der Waals surface area contributed by atoms with Crippen LogP contribution in [-0.4, -0.2) is 9.67 Å². The fourth-order valence-corrected chi connectivity index (χ4v) is 2.25. The highest BCUT2D eigenvalue weighted by molar-refractivity contribution is 7.09. The van der Waals surface area contributed by atoms with Gasteiger partial charge in [-0.2, -0.15) is 0 Å². The lowest BCUT2D eigenvalue weighted by Crippen LogP contribution is -2.14. The lowest BCUT2D eigenvalue weighted by molar-refractivity contribution is 0.408. The number of hydrogen-bond donors (Lipinski definition) is 1. The van der Waals surface area contributed by atoms with Crippen molar-refractivity contribution in [3.63, 3.8) is 0 Å². The van der Waals surface area contributed by atoms with Gasteiger partial charge in [-0.25, -0.2) is 9.36 Å². The molecule has 0 radical (unpaired) electrons. The number of thiophene rings is 1. The molecule has 0 spiro atoms. The molecular weight excluding hydrogens is 226 g/mol. The second-order valence-electron chi connectivity index (χ2n) is 3.45. The first kappa shape index (κ1) is 11.0. The molecule has 2 aromatic rings. The van der Waals surface area contributed by atoms with E-state index >= 15 is 0 Å². The molecule has 1 N–H and O–H groups in total. The van der Waals surface area contributed by atoms with Gasteiger partial charge in [0.1, 0.15) is 0 Å². The van der Waals surface area contributed by atoms with Crippen LogP contribution < -0.4 is 5.76 Å². The van der Waals surface area contributed by atoms with Crippen molar-refractivity contribution in [3.05, 3.63) is 38.7 Å². The molecule has 0 aliphatic heterocycles. The summed E-state index contributed by atoms with van der Waals surface area (Å²) in [6.45, 7) is 2.29. The first-order valence-electron chi connectivity index (χ1n) is 5.16. The van der Waals surface area contributed by atoms with Crippen LogP contribution in [0.1, 0.15) is 17.6 Å². The Kier molecular flexibility index (Phi) is 3.14. The minimum absolute atomic E-state index is 0.0379. The third kappa shape index (κ3) is 2.04. The highest BCUT2D eigenvalue weighted by Gasteiger charge is 2.13. The van der Waals surface area contributed by atoms with Crippen molar-refractivity contribution in [1.29, 1.82) is 0 Å². The quantitative estimate of drug-likeness (QED) is 0.888. The third-order valence-corrected chi connectivity index (χ3v) is 3.36. The molecule has 0 fully saturated rings.